The van der Waals surface area contributed by atoms with Crippen LogP contribution in [0.5, 0.6) is 5.75 Å². The van der Waals surface area contributed by atoms with E-state index in [1.54, 1.807) is 19.1 Å². The smallest absolute Gasteiger partial charge is 0.351 e. The van der Waals surface area contributed by atoms with Crippen LogP contribution >= 0.6 is 27.5 Å². The van der Waals surface area contributed by atoms with Gasteiger partial charge in [-0.25, -0.2) is 4.79 Å². The lowest BCUT2D eigenvalue weighted by Crippen LogP contribution is -2.32. The van der Waals surface area contributed by atoms with E-state index in [0.29, 0.717) is 21.3 Å². The standard InChI is InChI=1S/C12H7BrClNO4/c1-4-5-2-3-6-8(15-11(16)10(14)18-6)9(5)19-12(17)7(4)13/h2-3,10H,1H3,(H,15,16)/t10-/m0/s1. The van der Waals surface area contributed by atoms with Crippen molar-refractivity contribution < 1.29 is 13.9 Å². The third-order valence-electron chi connectivity index (χ3n) is 2.91. The molecule has 1 aliphatic heterocycles. The third-order valence-corrected chi connectivity index (χ3v) is 4.12. The van der Waals surface area contributed by atoms with Gasteiger partial charge in [-0.3, -0.25) is 4.79 Å². The maximum absolute atomic E-state index is 11.7. The second kappa shape index (κ2) is 4.25. The molecule has 3 rings (SSSR count). The van der Waals surface area contributed by atoms with Crippen molar-refractivity contribution in [1.82, 2.24) is 0 Å². The predicted octanol–water partition coefficient (Wildman–Crippen LogP) is 2.76. The monoisotopic (exact) mass is 343 g/mol. The van der Waals surface area contributed by atoms with Crippen LogP contribution in [0.3, 0.4) is 0 Å². The van der Waals surface area contributed by atoms with Crippen LogP contribution in [0.25, 0.3) is 11.0 Å². The van der Waals surface area contributed by atoms with Gasteiger partial charge in [-0.15, -0.1) is 0 Å². The van der Waals surface area contributed by atoms with Gasteiger partial charge >= 0.3 is 5.63 Å². The fourth-order valence-corrected chi connectivity index (χ4v) is 2.38. The molecular formula is C12H7BrClNO4. The average molecular weight is 345 g/mol. The number of alkyl halides is 1. The number of anilines is 1. The molecule has 0 saturated heterocycles. The number of hydrogen-bond donors (Lipinski definition) is 1. The van der Waals surface area contributed by atoms with Crippen molar-refractivity contribution in [3.8, 4) is 5.75 Å². The predicted molar refractivity (Wildman–Crippen MR) is 73.8 cm³/mol. The number of amides is 1. The summed E-state index contributed by atoms with van der Waals surface area (Å²) >= 11 is 8.87. The highest BCUT2D eigenvalue weighted by Gasteiger charge is 2.28. The quantitative estimate of drug-likeness (QED) is 0.589. The Balaban J connectivity index is 2.38. The molecule has 2 heterocycles. The van der Waals surface area contributed by atoms with Gasteiger partial charge in [-0.05, 0) is 40.5 Å². The highest BCUT2D eigenvalue weighted by molar-refractivity contribution is 9.10. The van der Waals surface area contributed by atoms with Crippen molar-refractivity contribution in [3.05, 3.63) is 32.6 Å². The summed E-state index contributed by atoms with van der Waals surface area (Å²) in [6.45, 7) is 1.78. The molecule has 0 radical (unpaired) electrons. The largest absolute Gasteiger partial charge is 0.463 e. The van der Waals surface area contributed by atoms with E-state index in [9.17, 15) is 9.59 Å². The lowest BCUT2D eigenvalue weighted by molar-refractivity contribution is -0.120. The zero-order chi connectivity index (χ0) is 13.7. The topological polar surface area (TPSA) is 68.5 Å². The fourth-order valence-electron chi connectivity index (χ4n) is 1.94. The molecule has 98 valence electrons. The van der Waals surface area contributed by atoms with Crippen LogP contribution in [-0.2, 0) is 4.79 Å². The Labute approximate surface area is 120 Å². The molecule has 0 fully saturated rings. The number of carbonyl (C=O) groups is 1. The van der Waals surface area contributed by atoms with Crippen LogP contribution in [0.2, 0.25) is 0 Å². The molecule has 1 N–H and O–H groups in total. The first-order valence-electron chi connectivity index (χ1n) is 5.36. The second-order valence-corrected chi connectivity index (χ2v) is 5.26. The summed E-state index contributed by atoms with van der Waals surface area (Å²) < 4.78 is 10.8. The summed E-state index contributed by atoms with van der Waals surface area (Å²) in [7, 11) is 0. The molecule has 1 aromatic heterocycles. The van der Waals surface area contributed by atoms with Gasteiger partial charge in [0.15, 0.2) is 5.58 Å². The molecule has 19 heavy (non-hydrogen) atoms. The summed E-state index contributed by atoms with van der Waals surface area (Å²) in [4.78, 5) is 23.2. The van der Waals surface area contributed by atoms with E-state index in [-0.39, 0.29) is 5.58 Å². The van der Waals surface area contributed by atoms with Crippen molar-refractivity contribution in [2.24, 2.45) is 0 Å². The Morgan fingerprint density at radius 1 is 1.37 bits per heavy atom. The van der Waals surface area contributed by atoms with E-state index in [1.165, 1.54) is 0 Å². The molecular weight excluding hydrogens is 337 g/mol. The van der Waals surface area contributed by atoms with E-state index < -0.39 is 17.1 Å². The van der Waals surface area contributed by atoms with Crippen molar-refractivity contribution in [1.29, 1.82) is 0 Å². The molecule has 1 atom stereocenters. The van der Waals surface area contributed by atoms with Gasteiger partial charge < -0.3 is 14.5 Å². The maximum atomic E-state index is 11.7. The Morgan fingerprint density at radius 2 is 2.11 bits per heavy atom. The fraction of sp³-hybridized carbons (Fsp3) is 0.167. The number of nitrogens with one attached hydrogen (secondary N) is 1. The highest BCUT2D eigenvalue weighted by atomic mass is 79.9. The zero-order valence-corrected chi connectivity index (χ0v) is 12.0. The Kier molecular flexibility index (Phi) is 2.79. The molecule has 0 unspecified atom stereocenters. The van der Waals surface area contributed by atoms with Crippen molar-refractivity contribution >= 4 is 50.1 Å². The summed E-state index contributed by atoms with van der Waals surface area (Å²) in [6.07, 6.45) is 0. The molecule has 0 saturated carbocycles. The summed E-state index contributed by atoms with van der Waals surface area (Å²) in [6, 6.07) is 3.42. The second-order valence-electron chi connectivity index (χ2n) is 4.07. The minimum atomic E-state index is -1.09. The van der Waals surface area contributed by atoms with Crippen LogP contribution in [0, 0.1) is 6.92 Å². The van der Waals surface area contributed by atoms with Gasteiger partial charge in [-0.2, -0.15) is 0 Å². The molecule has 5 nitrogen and oxygen atoms in total. The minimum Gasteiger partial charge on any atom is -0.463 e. The molecule has 2 aromatic rings. The lowest BCUT2D eigenvalue weighted by Gasteiger charge is -2.22. The van der Waals surface area contributed by atoms with Crippen molar-refractivity contribution in [2.45, 2.75) is 12.5 Å². The third kappa shape index (κ3) is 1.82. The number of fused-ring (bicyclic) bond motifs is 3. The molecule has 0 bridgehead atoms. The van der Waals surface area contributed by atoms with E-state index in [4.69, 9.17) is 20.8 Å². The van der Waals surface area contributed by atoms with Crippen LogP contribution in [0.4, 0.5) is 5.69 Å². The van der Waals surface area contributed by atoms with Crippen LogP contribution in [0.1, 0.15) is 5.56 Å². The Morgan fingerprint density at radius 3 is 2.84 bits per heavy atom. The van der Waals surface area contributed by atoms with Crippen LogP contribution in [-0.4, -0.2) is 11.5 Å². The molecule has 1 aliphatic rings. The lowest BCUT2D eigenvalue weighted by atomic mass is 10.1. The van der Waals surface area contributed by atoms with E-state index in [1.807, 2.05) is 0 Å². The van der Waals surface area contributed by atoms with E-state index >= 15 is 0 Å². The van der Waals surface area contributed by atoms with Gasteiger partial charge in [-0.1, -0.05) is 11.6 Å². The van der Waals surface area contributed by atoms with Gasteiger partial charge in [0.25, 0.3) is 11.5 Å². The molecule has 7 heteroatoms. The van der Waals surface area contributed by atoms with Gasteiger partial charge in [0.05, 0.1) is 0 Å². The highest BCUT2D eigenvalue weighted by Crippen LogP contribution is 2.38. The summed E-state index contributed by atoms with van der Waals surface area (Å²) in [5, 5.41) is 3.29. The summed E-state index contributed by atoms with van der Waals surface area (Å²) in [5.41, 5.74) is -0.266. The van der Waals surface area contributed by atoms with Crippen molar-refractivity contribution in [3.63, 3.8) is 0 Å². The molecule has 0 aliphatic carbocycles. The SMILES string of the molecule is Cc1c(Br)c(=O)oc2c3c(ccc12)O[C@H](Cl)C(=O)N3. The first kappa shape index (κ1) is 12.5. The van der Waals surface area contributed by atoms with Gasteiger partial charge in [0.2, 0.25) is 0 Å². The van der Waals surface area contributed by atoms with E-state index in [0.717, 1.165) is 5.56 Å². The number of carbonyl (C=O) groups excluding carboxylic acids is 1. The minimum absolute atomic E-state index is 0.278. The maximum Gasteiger partial charge on any atom is 0.351 e. The normalized spacial score (nSPS) is 17.8. The van der Waals surface area contributed by atoms with Gasteiger partial charge in [0, 0.05) is 5.39 Å². The summed E-state index contributed by atoms with van der Waals surface area (Å²) in [5.74, 6) is -0.123. The van der Waals surface area contributed by atoms with E-state index in [2.05, 4.69) is 21.2 Å². The number of aryl methyl sites for hydroxylation is 1. The number of hydrogen-bond acceptors (Lipinski definition) is 4. The first-order valence-corrected chi connectivity index (χ1v) is 6.59. The number of halogens is 2. The molecule has 1 amide bonds. The zero-order valence-electron chi connectivity index (χ0n) is 9.62. The Bertz CT molecular complexity index is 770. The number of rotatable bonds is 0. The van der Waals surface area contributed by atoms with Crippen LogP contribution < -0.4 is 15.7 Å². The number of benzene rings is 1. The van der Waals surface area contributed by atoms with Crippen LogP contribution in [0.15, 0.2) is 25.8 Å². The van der Waals surface area contributed by atoms with Gasteiger partial charge in [0.1, 0.15) is 15.9 Å². The average Bonchev–Trinajstić information content (AvgIpc) is 2.38. The molecule has 0 spiro atoms. The Hall–Kier alpha value is -1.53. The number of ether oxygens (including phenoxy) is 1. The van der Waals surface area contributed by atoms with Crippen molar-refractivity contribution in [2.75, 3.05) is 5.32 Å². The first-order chi connectivity index (χ1) is 8.99. The molecule has 1 aromatic carbocycles.